The molecule has 1 aromatic rings. The molecule has 3 rings (SSSR count). The Labute approximate surface area is 105 Å². The molecule has 0 aromatic carbocycles. The monoisotopic (exact) mass is 249 g/mol. The summed E-state index contributed by atoms with van der Waals surface area (Å²) in [5.41, 5.74) is 0. The lowest BCUT2D eigenvalue weighted by Gasteiger charge is -2.46. The molecule has 0 spiro atoms. The number of nitrogens with one attached hydrogen (secondary N) is 1. The van der Waals surface area contributed by atoms with Gasteiger partial charge in [-0.3, -0.25) is 9.59 Å². The smallest absolute Gasteiger partial charge is 0.253 e. The number of carbonyl (C=O) groups is 2. The first-order valence-corrected chi connectivity index (χ1v) is 5.98. The summed E-state index contributed by atoms with van der Waals surface area (Å²) >= 11 is 0. The maximum Gasteiger partial charge on any atom is 0.253 e. The van der Waals surface area contributed by atoms with Crippen molar-refractivity contribution in [3.63, 3.8) is 0 Å². The van der Waals surface area contributed by atoms with Crippen molar-refractivity contribution >= 4 is 11.8 Å². The first-order valence-electron chi connectivity index (χ1n) is 5.98. The second-order valence-electron chi connectivity index (χ2n) is 4.72. The molecule has 96 valence electrons. The van der Waals surface area contributed by atoms with E-state index >= 15 is 0 Å². The lowest BCUT2D eigenvalue weighted by atomic mass is 10.0. The Hall–Kier alpha value is -1.82. The number of carbonyl (C=O) groups excluding carboxylic acids is 2. The van der Waals surface area contributed by atoms with E-state index in [1.807, 2.05) is 0 Å². The molecule has 2 atom stereocenters. The highest BCUT2D eigenvalue weighted by atomic mass is 16.3. The van der Waals surface area contributed by atoms with Crippen LogP contribution in [0.15, 0.2) is 22.8 Å². The molecule has 0 radical (unpaired) electrons. The van der Waals surface area contributed by atoms with Crippen molar-refractivity contribution in [2.45, 2.75) is 12.1 Å². The highest BCUT2D eigenvalue weighted by Crippen LogP contribution is 2.30. The van der Waals surface area contributed by atoms with E-state index in [1.54, 1.807) is 29.0 Å². The van der Waals surface area contributed by atoms with Crippen LogP contribution < -0.4 is 5.32 Å². The number of nitrogens with zero attached hydrogens (tertiary/aromatic N) is 2. The zero-order valence-corrected chi connectivity index (χ0v) is 10.1. The van der Waals surface area contributed by atoms with Gasteiger partial charge in [-0.2, -0.15) is 0 Å². The van der Waals surface area contributed by atoms with Crippen LogP contribution in [0.25, 0.3) is 0 Å². The summed E-state index contributed by atoms with van der Waals surface area (Å²) in [5, 5.41) is 3.08. The number of piperazine rings is 2. The van der Waals surface area contributed by atoms with Crippen molar-refractivity contribution in [3.05, 3.63) is 24.2 Å². The fourth-order valence-corrected chi connectivity index (χ4v) is 2.69. The Bertz CT molecular complexity index is 471. The molecule has 6 heteroatoms. The van der Waals surface area contributed by atoms with Gasteiger partial charge in [0, 0.05) is 20.1 Å². The summed E-state index contributed by atoms with van der Waals surface area (Å²) in [5.74, 6) is 0.400. The van der Waals surface area contributed by atoms with Gasteiger partial charge in [-0.1, -0.05) is 0 Å². The van der Waals surface area contributed by atoms with Crippen LogP contribution in [-0.4, -0.2) is 54.3 Å². The number of furan rings is 1. The lowest BCUT2D eigenvalue weighted by molar-refractivity contribution is -0.157. The third kappa shape index (κ3) is 1.60. The average Bonchev–Trinajstić information content (AvgIpc) is 2.85. The molecule has 2 amide bonds. The zero-order valence-electron chi connectivity index (χ0n) is 10.1. The minimum atomic E-state index is -0.613. The molecule has 1 aromatic heterocycles. The highest BCUT2D eigenvalue weighted by Gasteiger charge is 2.45. The normalized spacial score (nSPS) is 28.5. The number of amides is 2. The average molecular weight is 249 g/mol. The number of hydrogen-bond acceptors (Lipinski definition) is 4. The fraction of sp³-hybridized carbons (Fsp3) is 0.500. The molecule has 2 fully saturated rings. The van der Waals surface area contributed by atoms with Gasteiger partial charge in [-0.05, 0) is 12.1 Å². The molecule has 2 saturated heterocycles. The molecule has 1 N–H and O–H groups in total. The third-order valence-corrected chi connectivity index (χ3v) is 3.52. The van der Waals surface area contributed by atoms with Crippen LogP contribution in [0.5, 0.6) is 0 Å². The van der Waals surface area contributed by atoms with Gasteiger partial charge >= 0.3 is 0 Å². The van der Waals surface area contributed by atoms with Gasteiger partial charge in [0.1, 0.15) is 5.76 Å². The Kier molecular flexibility index (Phi) is 2.59. The summed E-state index contributed by atoms with van der Waals surface area (Å²) in [6.45, 7) is 1.56. The first kappa shape index (κ1) is 11.3. The largest absolute Gasteiger partial charge is 0.467 e. The van der Waals surface area contributed by atoms with E-state index in [0.29, 0.717) is 18.8 Å². The molecule has 2 unspecified atom stereocenters. The van der Waals surface area contributed by atoms with Gasteiger partial charge in [-0.25, -0.2) is 0 Å². The SMILES string of the molecule is CN1CC2CNCC(=O)N2C(c2ccco2)C1=O. The summed E-state index contributed by atoms with van der Waals surface area (Å²) in [6.07, 6.45) is 1.53. The van der Waals surface area contributed by atoms with Crippen molar-refractivity contribution in [1.29, 1.82) is 0 Å². The van der Waals surface area contributed by atoms with Crippen molar-refractivity contribution in [2.24, 2.45) is 0 Å². The van der Waals surface area contributed by atoms with Gasteiger partial charge in [-0.15, -0.1) is 0 Å². The number of rotatable bonds is 1. The van der Waals surface area contributed by atoms with E-state index in [1.165, 1.54) is 6.26 Å². The molecular weight excluding hydrogens is 234 g/mol. The maximum atomic E-state index is 12.3. The van der Waals surface area contributed by atoms with Crippen LogP contribution in [0.3, 0.4) is 0 Å². The second kappa shape index (κ2) is 4.13. The number of hydrogen-bond donors (Lipinski definition) is 1. The standard InChI is InChI=1S/C12H15N3O3/c1-14-7-8-5-13-6-10(16)15(8)11(12(14)17)9-3-2-4-18-9/h2-4,8,11,13H,5-7H2,1H3. The van der Waals surface area contributed by atoms with Gasteiger partial charge in [0.2, 0.25) is 5.91 Å². The zero-order chi connectivity index (χ0) is 12.7. The van der Waals surface area contributed by atoms with Crippen molar-refractivity contribution < 1.29 is 14.0 Å². The Balaban J connectivity index is 2.00. The first-order chi connectivity index (χ1) is 8.68. The van der Waals surface area contributed by atoms with Gasteiger partial charge < -0.3 is 19.5 Å². The quantitative estimate of drug-likeness (QED) is 0.735. The minimum absolute atomic E-state index is 0.0176. The van der Waals surface area contributed by atoms with E-state index < -0.39 is 6.04 Å². The molecule has 0 saturated carbocycles. The summed E-state index contributed by atoms with van der Waals surface area (Å²) in [4.78, 5) is 27.6. The van der Waals surface area contributed by atoms with E-state index in [4.69, 9.17) is 4.42 Å². The van der Waals surface area contributed by atoms with Crippen molar-refractivity contribution in [1.82, 2.24) is 15.1 Å². The predicted octanol–water partition coefficient (Wildman–Crippen LogP) is -0.407. The van der Waals surface area contributed by atoms with E-state index in [-0.39, 0.29) is 24.4 Å². The van der Waals surface area contributed by atoms with Gasteiger partial charge in [0.15, 0.2) is 6.04 Å². The molecule has 2 aliphatic rings. The molecule has 0 bridgehead atoms. The van der Waals surface area contributed by atoms with Crippen LogP contribution in [-0.2, 0) is 9.59 Å². The van der Waals surface area contributed by atoms with Gasteiger partial charge in [0.05, 0.1) is 18.8 Å². The van der Waals surface area contributed by atoms with Crippen LogP contribution in [0.4, 0.5) is 0 Å². The summed E-state index contributed by atoms with van der Waals surface area (Å²) in [7, 11) is 1.76. The Morgan fingerprint density at radius 2 is 2.28 bits per heavy atom. The fourth-order valence-electron chi connectivity index (χ4n) is 2.69. The van der Waals surface area contributed by atoms with E-state index in [9.17, 15) is 9.59 Å². The molecule has 18 heavy (non-hydrogen) atoms. The highest BCUT2D eigenvalue weighted by molar-refractivity contribution is 5.90. The molecular formula is C12H15N3O3. The number of fused-ring (bicyclic) bond motifs is 1. The van der Waals surface area contributed by atoms with Crippen LogP contribution >= 0.6 is 0 Å². The number of likely N-dealkylation sites (N-methyl/N-ethyl adjacent to an activating group) is 1. The molecule has 6 nitrogen and oxygen atoms in total. The summed E-state index contributed by atoms with van der Waals surface area (Å²) in [6, 6.07) is 2.88. The molecule has 0 aliphatic carbocycles. The molecule has 3 heterocycles. The topological polar surface area (TPSA) is 65.8 Å². The Morgan fingerprint density at radius 1 is 1.44 bits per heavy atom. The van der Waals surface area contributed by atoms with E-state index in [0.717, 1.165) is 0 Å². The van der Waals surface area contributed by atoms with Crippen molar-refractivity contribution in [3.8, 4) is 0 Å². The molecule has 2 aliphatic heterocycles. The van der Waals surface area contributed by atoms with Gasteiger partial charge in [0.25, 0.3) is 5.91 Å². The third-order valence-electron chi connectivity index (χ3n) is 3.52. The lowest BCUT2D eigenvalue weighted by Crippen LogP contribution is -2.65. The van der Waals surface area contributed by atoms with E-state index in [2.05, 4.69) is 5.32 Å². The maximum absolute atomic E-state index is 12.3. The minimum Gasteiger partial charge on any atom is -0.467 e. The van der Waals surface area contributed by atoms with Crippen LogP contribution in [0.1, 0.15) is 11.8 Å². The summed E-state index contributed by atoms with van der Waals surface area (Å²) < 4.78 is 5.33. The van der Waals surface area contributed by atoms with Crippen LogP contribution in [0, 0.1) is 0 Å². The Morgan fingerprint density at radius 3 is 3.00 bits per heavy atom. The second-order valence-corrected chi connectivity index (χ2v) is 4.72. The van der Waals surface area contributed by atoms with Crippen molar-refractivity contribution in [2.75, 3.05) is 26.7 Å². The predicted molar refractivity (Wildman–Crippen MR) is 62.6 cm³/mol. The van der Waals surface area contributed by atoms with Crippen LogP contribution in [0.2, 0.25) is 0 Å².